The molecule has 0 fully saturated rings. The number of carbonyl (C=O) groups is 2. The lowest BCUT2D eigenvalue weighted by Gasteiger charge is -2.34. The van der Waals surface area contributed by atoms with Gasteiger partial charge in [0, 0.05) is 12.6 Å². The minimum atomic E-state index is -4.18. The third kappa shape index (κ3) is 7.21. The summed E-state index contributed by atoms with van der Waals surface area (Å²) in [5.74, 6) is -0.477. The molecule has 214 valence electrons. The number of ether oxygens (including phenoxy) is 1. The summed E-state index contributed by atoms with van der Waals surface area (Å²) in [5.41, 5.74) is 2.89. The molecule has 0 radical (unpaired) electrons. The number of nitrogens with one attached hydrogen (secondary N) is 1. The van der Waals surface area contributed by atoms with Gasteiger partial charge in [-0.3, -0.25) is 13.9 Å². The van der Waals surface area contributed by atoms with Crippen LogP contribution >= 0.6 is 0 Å². The molecule has 0 aromatic heterocycles. The summed E-state index contributed by atoms with van der Waals surface area (Å²) in [7, 11) is -2.72. The minimum Gasteiger partial charge on any atom is -0.495 e. The van der Waals surface area contributed by atoms with Gasteiger partial charge in [0.1, 0.15) is 18.3 Å². The third-order valence-electron chi connectivity index (χ3n) is 6.63. The van der Waals surface area contributed by atoms with Gasteiger partial charge >= 0.3 is 0 Å². The summed E-state index contributed by atoms with van der Waals surface area (Å²) >= 11 is 0. The largest absolute Gasteiger partial charge is 0.495 e. The average molecular weight is 566 g/mol. The Morgan fingerprint density at radius 3 is 2.20 bits per heavy atom. The highest BCUT2D eigenvalue weighted by atomic mass is 32.2. The SMILES string of the molecule is CCC(C(=O)NC(C)C)N(Cc1ccccc1C)C(=O)CN(c1cc(C)ccc1OC)S(=O)(=O)c1ccccc1. The fraction of sp³-hybridized carbons (Fsp3) is 0.355. The average Bonchev–Trinajstić information content (AvgIpc) is 2.92. The smallest absolute Gasteiger partial charge is 0.264 e. The zero-order valence-electron chi connectivity index (χ0n) is 24.0. The van der Waals surface area contributed by atoms with Gasteiger partial charge in [-0.15, -0.1) is 0 Å². The summed E-state index contributed by atoms with van der Waals surface area (Å²) in [5, 5.41) is 2.91. The predicted molar refractivity (Wildman–Crippen MR) is 158 cm³/mol. The molecular weight excluding hydrogens is 526 g/mol. The van der Waals surface area contributed by atoms with Gasteiger partial charge in [0.05, 0.1) is 17.7 Å². The van der Waals surface area contributed by atoms with E-state index >= 15 is 0 Å². The molecule has 3 rings (SSSR count). The number of amides is 2. The van der Waals surface area contributed by atoms with E-state index < -0.39 is 28.5 Å². The van der Waals surface area contributed by atoms with Gasteiger partial charge in [0.2, 0.25) is 11.8 Å². The van der Waals surface area contributed by atoms with Crippen LogP contribution in [0.15, 0.2) is 77.7 Å². The van der Waals surface area contributed by atoms with E-state index in [1.54, 1.807) is 30.3 Å². The zero-order valence-corrected chi connectivity index (χ0v) is 24.9. The van der Waals surface area contributed by atoms with Gasteiger partial charge < -0.3 is 15.0 Å². The molecule has 0 spiro atoms. The summed E-state index contributed by atoms with van der Waals surface area (Å²) < 4.78 is 34.6. The van der Waals surface area contributed by atoms with Crippen molar-refractivity contribution in [2.24, 2.45) is 0 Å². The highest BCUT2D eigenvalue weighted by Gasteiger charge is 2.35. The first-order valence-corrected chi connectivity index (χ1v) is 14.8. The van der Waals surface area contributed by atoms with Crippen molar-refractivity contribution in [2.45, 2.75) is 64.6 Å². The Balaban J connectivity index is 2.13. The molecule has 9 heteroatoms. The topological polar surface area (TPSA) is 96.0 Å². The first-order valence-electron chi connectivity index (χ1n) is 13.4. The van der Waals surface area contributed by atoms with Crippen LogP contribution in [-0.2, 0) is 26.2 Å². The Morgan fingerprint density at radius 2 is 1.60 bits per heavy atom. The van der Waals surface area contributed by atoms with E-state index in [-0.39, 0.29) is 29.1 Å². The fourth-order valence-corrected chi connectivity index (χ4v) is 5.94. The molecule has 0 saturated carbocycles. The van der Waals surface area contributed by atoms with Crippen molar-refractivity contribution >= 4 is 27.5 Å². The van der Waals surface area contributed by atoms with Crippen molar-refractivity contribution < 1.29 is 22.7 Å². The Kier molecular flexibility index (Phi) is 10.3. The van der Waals surface area contributed by atoms with Gasteiger partial charge in [0.25, 0.3) is 10.0 Å². The van der Waals surface area contributed by atoms with Crippen LogP contribution in [0, 0.1) is 13.8 Å². The molecule has 0 aliphatic carbocycles. The summed E-state index contributed by atoms with van der Waals surface area (Å²) in [4.78, 5) is 29.0. The van der Waals surface area contributed by atoms with E-state index in [1.807, 2.05) is 65.0 Å². The van der Waals surface area contributed by atoms with Gasteiger partial charge in [-0.05, 0) is 75.1 Å². The van der Waals surface area contributed by atoms with Crippen molar-refractivity contribution in [1.82, 2.24) is 10.2 Å². The number of carbonyl (C=O) groups excluding carboxylic acids is 2. The fourth-order valence-electron chi connectivity index (χ4n) is 4.50. The highest BCUT2D eigenvalue weighted by molar-refractivity contribution is 7.92. The lowest BCUT2D eigenvalue weighted by molar-refractivity contribution is -0.140. The normalized spacial score (nSPS) is 12.1. The Labute approximate surface area is 238 Å². The first kappa shape index (κ1) is 30.7. The van der Waals surface area contributed by atoms with Crippen LogP contribution < -0.4 is 14.4 Å². The van der Waals surface area contributed by atoms with Crippen molar-refractivity contribution in [2.75, 3.05) is 18.0 Å². The Morgan fingerprint density at radius 1 is 0.950 bits per heavy atom. The number of hydrogen-bond donors (Lipinski definition) is 1. The molecule has 2 amide bonds. The Bertz CT molecular complexity index is 1420. The second-order valence-electron chi connectivity index (χ2n) is 10.0. The van der Waals surface area contributed by atoms with Gasteiger partial charge in [-0.1, -0.05) is 55.5 Å². The molecule has 0 heterocycles. The van der Waals surface area contributed by atoms with Crippen molar-refractivity contribution in [1.29, 1.82) is 0 Å². The van der Waals surface area contributed by atoms with E-state index in [9.17, 15) is 18.0 Å². The minimum absolute atomic E-state index is 0.0430. The first-order chi connectivity index (χ1) is 19.0. The molecule has 0 aliphatic rings. The van der Waals surface area contributed by atoms with Crippen LogP contribution in [0.5, 0.6) is 5.75 Å². The third-order valence-corrected chi connectivity index (χ3v) is 8.41. The monoisotopic (exact) mass is 565 g/mol. The molecule has 40 heavy (non-hydrogen) atoms. The van der Waals surface area contributed by atoms with Crippen molar-refractivity contribution in [3.8, 4) is 5.75 Å². The maximum atomic E-state index is 14.2. The van der Waals surface area contributed by atoms with E-state index in [1.165, 1.54) is 24.1 Å². The molecule has 8 nitrogen and oxygen atoms in total. The second kappa shape index (κ2) is 13.5. The Hall–Kier alpha value is -3.85. The molecule has 0 aliphatic heterocycles. The van der Waals surface area contributed by atoms with Crippen molar-refractivity contribution in [3.05, 3.63) is 89.5 Å². The van der Waals surface area contributed by atoms with Gasteiger partial charge in [-0.25, -0.2) is 8.42 Å². The van der Waals surface area contributed by atoms with Crippen LogP contribution in [-0.4, -0.2) is 50.9 Å². The molecule has 1 atom stereocenters. The molecular formula is C31H39N3O5S. The van der Waals surface area contributed by atoms with Gasteiger partial charge in [-0.2, -0.15) is 0 Å². The number of sulfonamides is 1. The maximum absolute atomic E-state index is 14.2. The number of rotatable bonds is 12. The van der Waals surface area contributed by atoms with Crippen LogP contribution in [0.25, 0.3) is 0 Å². The standard InChI is InChI=1S/C31H39N3O5S/c1-7-27(31(36)32-22(2)3)33(20-25-14-12-11-13-24(25)5)30(35)21-34(28-19-23(4)17-18-29(28)39-6)40(37,38)26-15-9-8-10-16-26/h8-19,22,27H,7,20-21H2,1-6H3,(H,32,36). The van der Waals surface area contributed by atoms with E-state index in [0.717, 1.165) is 21.0 Å². The van der Waals surface area contributed by atoms with E-state index in [4.69, 9.17) is 4.74 Å². The molecule has 1 unspecified atom stereocenters. The van der Waals surface area contributed by atoms with E-state index in [0.29, 0.717) is 12.2 Å². The number of aryl methyl sites for hydroxylation is 2. The molecule has 0 saturated heterocycles. The quantitative estimate of drug-likeness (QED) is 0.339. The zero-order chi connectivity index (χ0) is 29.4. The number of anilines is 1. The molecule has 3 aromatic carbocycles. The van der Waals surface area contributed by atoms with Crippen LogP contribution in [0.3, 0.4) is 0 Å². The maximum Gasteiger partial charge on any atom is 0.264 e. The second-order valence-corrected chi connectivity index (χ2v) is 11.9. The van der Waals surface area contributed by atoms with Crippen LogP contribution in [0.4, 0.5) is 5.69 Å². The number of methoxy groups -OCH3 is 1. The summed E-state index contributed by atoms with van der Waals surface area (Å²) in [6, 6.07) is 19.9. The van der Waals surface area contributed by atoms with Crippen molar-refractivity contribution in [3.63, 3.8) is 0 Å². The van der Waals surface area contributed by atoms with E-state index in [2.05, 4.69) is 5.32 Å². The highest BCUT2D eigenvalue weighted by Crippen LogP contribution is 2.33. The predicted octanol–water partition coefficient (Wildman–Crippen LogP) is 4.84. The molecule has 0 bridgehead atoms. The number of hydrogen-bond acceptors (Lipinski definition) is 5. The number of nitrogens with zero attached hydrogens (tertiary/aromatic N) is 2. The molecule has 1 N–H and O–H groups in total. The van der Waals surface area contributed by atoms with Crippen LogP contribution in [0.2, 0.25) is 0 Å². The lowest BCUT2D eigenvalue weighted by Crippen LogP contribution is -2.53. The summed E-state index contributed by atoms with van der Waals surface area (Å²) in [6.07, 6.45) is 0.357. The van der Waals surface area contributed by atoms with Gasteiger partial charge in [0.15, 0.2) is 0 Å². The summed E-state index contributed by atoms with van der Waals surface area (Å²) in [6.45, 7) is 8.97. The molecule has 3 aromatic rings. The lowest BCUT2D eigenvalue weighted by atomic mass is 10.1. The number of benzene rings is 3. The van der Waals surface area contributed by atoms with Crippen LogP contribution in [0.1, 0.15) is 43.9 Å².